The molecule has 1 saturated carbocycles. The smallest absolute Gasteiger partial charge is 0.232 e. The lowest BCUT2D eigenvalue weighted by atomic mass is 9.72. The second-order valence-corrected chi connectivity index (χ2v) is 8.93. The van der Waals surface area contributed by atoms with Crippen LogP contribution in [0.5, 0.6) is 0 Å². The maximum absolute atomic E-state index is 13.2. The summed E-state index contributed by atoms with van der Waals surface area (Å²) in [5.41, 5.74) is 8.28. The summed E-state index contributed by atoms with van der Waals surface area (Å²) in [5.74, 6) is -0.157. The van der Waals surface area contributed by atoms with Crippen molar-refractivity contribution in [3.63, 3.8) is 0 Å². The maximum Gasteiger partial charge on any atom is 0.232 e. The molecule has 1 amide bonds. The molecule has 2 aromatic carbocycles. The highest BCUT2D eigenvalue weighted by molar-refractivity contribution is 5.99. The number of hydrogen-bond donors (Lipinski definition) is 3. The number of nitrogens with one attached hydrogen (secondary N) is 1. The highest BCUT2D eigenvalue weighted by Crippen LogP contribution is 2.42. The fourth-order valence-corrected chi connectivity index (χ4v) is 4.73. The summed E-state index contributed by atoms with van der Waals surface area (Å²) in [4.78, 5) is 19.4. The number of aliphatic imine (C=N–C) groups is 1. The molecule has 1 heterocycles. The van der Waals surface area contributed by atoms with Crippen LogP contribution in [-0.2, 0) is 10.3 Å². The molecule has 2 aliphatic rings. The molecule has 7 heteroatoms. The second-order valence-electron chi connectivity index (χ2n) is 8.93. The Labute approximate surface area is 182 Å². The number of rotatable bonds is 5. The molecule has 164 valence electrons. The number of guanidine groups is 1. The van der Waals surface area contributed by atoms with E-state index in [4.69, 9.17) is 10.7 Å². The zero-order valence-corrected chi connectivity index (χ0v) is 18.2. The molecule has 1 aliphatic heterocycles. The van der Waals surface area contributed by atoms with E-state index < -0.39 is 11.1 Å². The van der Waals surface area contributed by atoms with Crippen molar-refractivity contribution in [1.29, 1.82) is 0 Å². The zero-order valence-electron chi connectivity index (χ0n) is 18.2. The lowest BCUT2D eigenvalue weighted by Gasteiger charge is -2.49. The van der Waals surface area contributed by atoms with Gasteiger partial charge in [0.25, 0.3) is 0 Å². The van der Waals surface area contributed by atoms with Gasteiger partial charge in [-0.1, -0.05) is 19.1 Å². The van der Waals surface area contributed by atoms with Gasteiger partial charge in [0, 0.05) is 17.4 Å². The van der Waals surface area contributed by atoms with E-state index in [1.807, 2.05) is 39.0 Å². The van der Waals surface area contributed by atoms with Crippen LogP contribution in [0.25, 0.3) is 0 Å². The molecule has 4 rings (SSSR count). The molecule has 1 atom stereocenters. The molecule has 0 saturated heterocycles. The normalized spacial score (nSPS) is 28.2. The molecule has 4 N–H and O–H groups in total. The summed E-state index contributed by atoms with van der Waals surface area (Å²) in [7, 11) is 0. The fourth-order valence-electron chi connectivity index (χ4n) is 4.73. The SMILES string of the molecule is CCC1(O)CC(N2C(=O)C[C@@](C)(c3cccc(Nc4ccc(F)cc4)c3C)N=C2N)C1. The summed E-state index contributed by atoms with van der Waals surface area (Å²) in [6.45, 7) is 5.84. The highest BCUT2D eigenvalue weighted by atomic mass is 19.1. The first-order chi connectivity index (χ1) is 14.6. The van der Waals surface area contributed by atoms with E-state index in [1.165, 1.54) is 12.1 Å². The Bertz CT molecular complexity index is 1030. The number of nitrogens with two attached hydrogens (primary N) is 1. The van der Waals surface area contributed by atoms with Crippen molar-refractivity contribution in [2.24, 2.45) is 10.7 Å². The molecule has 1 aliphatic carbocycles. The van der Waals surface area contributed by atoms with Crippen LogP contribution >= 0.6 is 0 Å². The summed E-state index contributed by atoms with van der Waals surface area (Å²) in [6, 6.07) is 11.9. The van der Waals surface area contributed by atoms with Gasteiger partial charge in [0.1, 0.15) is 5.82 Å². The molecule has 0 bridgehead atoms. The first kappa shape index (κ1) is 21.3. The lowest BCUT2D eigenvalue weighted by Crippen LogP contribution is -2.62. The monoisotopic (exact) mass is 424 g/mol. The molecule has 1 fully saturated rings. The van der Waals surface area contributed by atoms with Crippen LogP contribution in [0, 0.1) is 12.7 Å². The minimum Gasteiger partial charge on any atom is -0.390 e. The van der Waals surface area contributed by atoms with E-state index in [0.29, 0.717) is 19.3 Å². The average Bonchev–Trinajstić information content (AvgIpc) is 2.69. The van der Waals surface area contributed by atoms with Crippen molar-refractivity contribution in [2.45, 2.75) is 63.6 Å². The van der Waals surface area contributed by atoms with E-state index in [2.05, 4.69) is 5.32 Å². The lowest BCUT2D eigenvalue weighted by molar-refractivity contribution is -0.140. The number of benzene rings is 2. The van der Waals surface area contributed by atoms with Crippen molar-refractivity contribution < 1.29 is 14.3 Å². The van der Waals surface area contributed by atoms with Crippen molar-refractivity contribution in [1.82, 2.24) is 4.90 Å². The van der Waals surface area contributed by atoms with Gasteiger partial charge in [0.15, 0.2) is 5.96 Å². The number of carbonyl (C=O) groups is 1. The Morgan fingerprint density at radius 3 is 2.55 bits per heavy atom. The molecule has 0 aromatic heterocycles. The van der Waals surface area contributed by atoms with Gasteiger partial charge >= 0.3 is 0 Å². The average molecular weight is 425 g/mol. The molecule has 31 heavy (non-hydrogen) atoms. The summed E-state index contributed by atoms with van der Waals surface area (Å²) < 4.78 is 13.2. The Kier molecular flexibility index (Phi) is 5.25. The molecule has 0 radical (unpaired) electrons. The topological polar surface area (TPSA) is 91.0 Å². The number of aliphatic hydroxyl groups is 1. The number of anilines is 2. The quantitative estimate of drug-likeness (QED) is 0.678. The summed E-state index contributed by atoms with van der Waals surface area (Å²) in [5, 5.41) is 13.6. The number of amides is 1. The van der Waals surface area contributed by atoms with Gasteiger partial charge in [-0.25, -0.2) is 9.38 Å². The van der Waals surface area contributed by atoms with Gasteiger partial charge in [-0.3, -0.25) is 9.69 Å². The van der Waals surface area contributed by atoms with Crippen LogP contribution in [0.1, 0.15) is 50.7 Å². The largest absolute Gasteiger partial charge is 0.390 e. The predicted molar refractivity (Wildman–Crippen MR) is 120 cm³/mol. The van der Waals surface area contributed by atoms with Crippen LogP contribution in [-0.4, -0.2) is 33.5 Å². The van der Waals surface area contributed by atoms with E-state index >= 15 is 0 Å². The van der Waals surface area contributed by atoms with E-state index in [0.717, 1.165) is 22.5 Å². The minimum atomic E-state index is -0.785. The third-order valence-corrected chi connectivity index (χ3v) is 6.66. The van der Waals surface area contributed by atoms with Crippen LogP contribution in [0.3, 0.4) is 0 Å². The third-order valence-electron chi connectivity index (χ3n) is 6.66. The Morgan fingerprint density at radius 2 is 1.94 bits per heavy atom. The van der Waals surface area contributed by atoms with Gasteiger partial charge in [0.2, 0.25) is 5.91 Å². The van der Waals surface area contributed by atoms with Crippen molar-refractivity contribution >= 4 is 23.2 Å². The van der Waals surface area contributed by atoms with Crippen LogP contribution in [0.2, 0.25) is 0 Å². The Morgan fingerprint density at radius 1 is 1.26 bits per heavy atom. The first-order valence-corrected chi connectivity index (χ1v) is 10.7. The third kappa shape index (κ3) is 3.90. The molecule has 0 spiro atoms. The van der Waals surface area contributed by atoms with Crippen molar-refractivity contribution in [3.05, 3.63) is 59.4 Å². The van der Waals surface area contributed by atoms with Crippen LogP contribution in [0.15, 0.2) is 47.5 Å². The van der Waals surface area contributed by atoms with Crippen LogP contribution in [0.4, 0.5) is 15.8 Å². The summed E-state index contributed by atoms with van der Waals surface area (Å²) >= 11 is 0. The van der Waals surface area contributed by atoms with Crippen molar-refractivity contribution in [2.75, 3.05) is 5.32 Å². The Balaban J connectivity index is 1.60. The number of carbonyl (C=O) groups excluding carboxylic acids is 1. The maximum atomic E-state index is 13.2. The van der Waals surface area contributed by atoms with Gasteiger partial charge in [0.05, 0.1) is 17.6 Å². The standard InChI is InChI=1S/C24H29FN4O2/c1-4-24(31)12-18(13-24)29-21(30)14-23(3,28-22(29)26)19-6-5-7-20(15(19)2)27-17-10-8-16(25)9-11-17/h5-11,18,27,31H,4,12-14H2,1-3H3,(H2,26,28)/t18?,23-,24?/m0/s1. The van der Waals surface area contributed by atoms with E-state index in [-0.39, 0.29) is 30.1 Å². The second kappa shape index (κ2) is 7.64. The molecular weight excluding hydrogens is 395 g/mol. The first-order valence-electron chi connectivity index (χ1n) is 10.7. The minimum absolute atomic E-state index is 0.0746. The van der Waals surface area contributed by atoms with E-state index in [1.54, 1.807) is 17.0 Å². The van der Waals surface area contributed by atoms with Gasteiger partial charge < -0.3 is 16.2 Å². The molecule has 6 nitrogen and oxygen atoms in total. The molecule has 0 unspecified atom stereocenters. The number of nitrogens with zero attached hydrogens (tertiary/aromatic N) is 2. The van der Waals surface area contributed by atoms with E-state index in [9.17, 15) is 14.3 Å². The van der Waals surface area contributed by atoms with Gasteiger partial charge in [-0.2, -0.15) is 0 Å². The number of hydrogen-bond acceptors (Lipinski definition) is 5. The van der Waals surface area contributed by atoms with Crippen molar-refractivity contribution in [3.8, 4) is 0 Å². The Hall–Kier alpha value is -2.93. The van der Waals surface area contributed by atoms with Crippen LogP contribution < -0.4 is 11.1 Å². The highest BCUT2D eigenvalue weighted by Gasteiger charge is 2.49. The summed E-state index contributed by atoms with van der Waals surface area (Å²) in [6.07, 6.45) is 1.92. The number of halogens is 1. The predicted octanol–water partition coefficient (Wildman–Crippen LogP) is 3.94. The van der Waals surface area contributed by atoms with Gasteiger partial charge in [-0.15, -0.1) is 0 Å². The fraction of sp³-hybridized carbons (Fsp3) is 0.417. The zero-order chi connectivity index (χ0) is 22.4. The molecule has 2 aromatic rings. The van der Waals surface area contributed by atoms with Gasteiger partial charge in [-0.05, 0) is 74.6 Å². The molecular formula is C24H29FN4O2.